The molecule has 0 spiro atoms. The van der Waals surface area contributed by atoms with Crippen molar-refractivity contribution < 1.29 is 14.2 Å². The molecule has 3 aromatic heterocycles. The monoisotopic (exact) mass is 462 g/mol. The van der Waals surface area contributed by atoms with Gasteiger partial charge in [0.25, 0.3) is 11.5 Å². The maximum absolute atomic E-state index is 13.2. The SMILES string of the molecule is COc1cc(=O)n2c(c1C(=O)NCc1nonc1C)CCN(Cc1c[nH]c3ccccc13)CC2. The third-order valence-corrected chi connectivity index (χ3v) is 6.36. The molecule has 0 saturated heterocycles. The summed E-state index contributed by atoms with van der Waals surface area (Å²) in [5.41, 5.74) is 4.37. The number of aryl methyl sites for hydroxylation is 1. The summed E-state index contributed by atoms with van der Waals surface area (Å²) in [6.07, 6.45) is 2.58. The van der Waals surface area contributed by atoms with Crippen LogP contribution in [0.4, 0.5) is 0 Å². The Bertz CT molecular complexity index is 1400. The second-order valence-corrected chi connectivity index (χ2v) is 8.39. The molecule has 1 aliphatic heterocycles. The summed E-state index contributed by atoms with van der Waals surface area (Å²) in [4.78, 5) is 31.7. The lowest BCUT2D eigenvalue weighted by atomic mass is 10.1. The normalized spacial score (nSPS) is 14.1. The largest absolute Gasteiger partial charge is 0.496 e. The van der Waals surface area contributed by atoms with Crippen molar-refractivity contribution in [3.8, 4) is 5.75 Å². The van der Waals surface area contributed by atoms with Gasteiger partial charge in [0.2, 0.25) is 0 Å². The highest BCUT2D eigenvalue weighted by Crippen LogP contribution is 2.24. The minimum absolute atomic E-state index is 0.169. The molecule has 2 N–H and O–H groups in total. The standard InChI is InChI=1S/C24H26N6O4/c1-15-19(28-34-27-15)13-26-24(32)23-20-7-8-29(9-10-30(20)22(31)11-21(23)33-2)14-16-12-25-18-6-4-3-5-17(16)18/h3-6,11-12,25H,7-10,13-14H2,1-2H3,(H,26,32). The first-order valence-corrected chi connectivity index (χ1v) is 11.2. The highest BCUT2D eigenvalue weighted by atomic mass is 16.6. The van der Waals surface area contributed by atoms with Gasteiger partial charge in [-0.25, -0.2) is 4.63 Å². The van der Waals surface area contributed by atoms with Crippen molar-refractivity contribution in [2.75, 3.05) is 20.2 Å². The predicted octanol–water partition coefficient (Wildman–Crippen LogP) is 2.02. The molecule has 10 heteroatoms. The number of aromatic amines is 1. The number of nitrogens with zero attached hydrogens (tertiary/aromatic N) is 4. The number of pyridine rings is 1. The molecule has 10 nitrogen and oxygen atoms in total. The summed E-state index contributed by atoms with van der Waals surface area (Å²) >= 11 is 0. The van der Waals surface area contributed by atoms with Gasteiger partial charge in [0, 0.05) is 61.5 Å². The number of hydrogen-bond donors (Lipinski definition) is 2. The zero-order valence-electron chi connectivity index (χ0n) is 19.1. The third kappa shape index (κ3) is 4.08. The maximum atomic E-state index is 13.2. The number of H-pyrrole nitrogens is 1. The number of methoxy groups -OCH3 is 1. The number of nitrogens with one attached hydrogen (secondary N) is 2. The number of benzene rings is 1. The summed E-state index contributed by atoms with van der Waals surface area (Å²) in [5, 5.41) is 11.6. The summed E-state index contributed by atoms with van der Waals surface area (Å²) in [7, 11) is 1.47. The Morgan fingerprint density at radius 3 is 2.88 bits per heavy atom. The van der Waals surface area contributed by atoms with Crippen LogP contribution in [-0.4, -0.2) is 50.9 Å². The lowest BCUT2D eigenvalue weighted by Gasteiger charge is -2.18. The van der Waals surface area contributed by atoms with E-state index in [1.54, 1.807) is 11.5 Å². The third-order valence-electron chi connectivity index (χ3n) is 6.36. The molecule has 0 aliphatic carbocycles. The zero-order chi connectivity index (χ0) is 23.7. The van der Waals surface area contributed by atoms with Crippen molar-refractivity contribution >= 4 is 16.8 Å². The molecule has 0 radical (unpaired) electrons. The Balaban J connectivity index is 1.39. The molecule has 176 valence electrons. The number of carbonyl (C=O) groups is 1. The molecule has 4 aromatic rings. The van der Waals surface area contributed by atoms with E-state index in [-0.39, 0.29) is 23.8 Å². The van der Waals surface area contributed by atoms with Crippen molar-refractivity contribution in [1.82, 2.24) is 30.1 Å². The van der Waals surface area contributed by atoms with Crippen molar-refractivity contribution in [3.63, 3.8) is 0 Å². The first-order chi connectivity index (χ1) is 16.5. The Morgan fingerprint density at radius 2 is 2.09 bits per heavy atom. The fourth-order valence-electron chi connectivity index (χ4n) is 4.52. The van der Waals surface area contributed by atoms with Crippen molar-refractivity contribution in [2.24, 2.45) is 0 Å². The molecule has 5 rings (SSSR count). The van der Waals surface area contributed by atoms with E-state index in [0.29, 0.717) is 48.7 Å². The zero-order valence-corrected chi connectivity index (χ0v) is 19.1. The highest BCUT2D eigenvalue weighted by Gasteiger charge is 2.25. The minimum Gasteiger partial charge on any atom is -0.496 e. The van der Waals surface area contributed by atoms with Gasteiger partial charge >= 0.3 is 0 Å². The molecular formula is C24H26N6O4. The predicted molar refractivity (Wildman–Crippen MR) is 125 cm³/mol. The van der Waals surface area contributed by atoms with Gasteiger partial charge in [-0.1, -0.05) is 28.5 Å². The van der Waals surface area contributed by atoms with E-state index in [1.807, 2.05) is 18.3 Å². The quantitative estimate of drug-likeness (QED) is 0.450. The van der Waals surface area contributed by atoms with Gasteiger partial charge in [-0.05, 0) is 18.6 Å². The van der Waals surface area contributed by atoms with Crippen LogP contribution in [0.5, 0.6) is 5.75 Å². The number of fused-ring (bicyclic) bond motifs is 2. The summed E-state index contributed by atoms with van der Waals surface area (Å²) in [6, 6.07) is 9.60. The van der Waals surface area contributed by atoms with Crippen molar-refractivity contribution in [2.45, 2.75) is 33.0 Å². The van der Waals surface area contributed by atoms with E-state index >= 15 is 0 Å². The van der Waals surface area contributed by atoms with Crippen LogP contribution in [0.25, 0.3) is 10.9 Å². The van der Waals surface area contributed by atoms with Crippen LogP contribution in [0.15, 0.2) is 46.0 Å². The molecule has 0 unspecified atom stereocenters. The van der Waals surface area contributed by atoms with Crippen LogP contribution >= 0.6 is 0 Å². The van der Waals surface area contributed by atoms with E-state index in [2.05, 4.69) is 37.6 Å². The van der Waals surface area contributed by atoms with E-state index in [9.17, 15) is 9.59 Å². The molecule has 1 aromatic carbocycles. The smallest absolute Gasteiger partial charge is 0.257 e. The van der Waals surface area contributed by atoms with Gasteiger partial charge < -0.3 is 19.6 Å². The number of rotatable bonds is 6. The summed E-state index contributed by atoms with van der Waals surface area (Å²) in [6.45, 7) is 4.58. The number of hydrogen-bond acceptors (Lipinski definition) is 7. The van der Waals surface area contributed by atoms with Gasteiger partial charge in [-0.2, -0.15) is 0 Å². The number of ether oxygens (including phenoxy) is 1. The second kappa shape index (κ2) is 9.14. The molecule has 0 fully saturated rings. The van der Waals surface area contributed by atoms with Gasteiger partial charge in [0.15, 0.2) is 0 Å². The van der Waals surface area contributed by atoms with Crippen molar-refractivity contribution in [3.05, 3.63) is 75.1 Å². The first-order valence-electron chi connectivity index (χ1n) is 11.2. The molecular weight excluding hydrogens is 436 g/mol. The molecule has 4 heterocycles. The minimum atomic E-state index is -0.326. The van der Waals surface area contributed by atoms with Gasteiger partial charge in [-0.3, -0.25) is 14.5 Å². The van der Waals surface area contributed by atoms with E-state index in [0.717, 1.165) is 12.1 Å². The van der Waals surface area contributed by atoms with Crippen LogP contribution in [0, 0.1) is 6.92 Å². The molecule has 1 amide bonds. The lowest BCUT2D eigenvalue weighted by molar-refractivity contribution is 0.0944. The molecule has 0 saturated carbocycles. The highest BCUT2D eigenvalue weighted by molar-refractivity contribution is 5.98. The Labute approximate surface area is 195 Å². The molecule has 0 atom stereocenters. The fraction of sp³-hybridized carbons (Fsp3) is 0.333. The maximum Gasteiger partial charge on any atom is 0.257 e. The average Bonchev–Trinajstić information content (AvgIpc) is 3.38. The molecule has 1 aliphatic rings. The van der Waals surface area contributed by atoms with E-state index < -0.39 is 0 Å². The van der Waals surface area contributed by atoms with Crippen LogP contribution in [0.3, 0.4) is 0 Å². The molecule has 0 bridgehead atoms. The van der Waals surface area contributed by atoms with Crippen LogP contribution in [0.2, 0.25) is 0 Å². The lowest BCUT2D eigenvalue weighted by Crippen LogP contribution is -2.31. The fourth-order valence-corrected chi connectivity index (χ4v) is 4.52. The van der Waals surface area contributed by atoms with E-state index in [1.165, 1.54) is 24.1 Å². The van der Waals surface area contributed by atoms with E-state index in [4.69, 9.17) is 9.37 Å². The van der Waals surface area contributed by atoms with Crippen LogP contribution in [0.1, 0.15) is 33.0 Å². The first kappa shape index (κ1) is 21.9. The number of aromatic nitrogens is 4. The second-order valence-electron chi connectivity index (χ2n) is 8.39. The summed E-state index contributed by atoms with van der Waals surface area (Å²) < 4.78 is 11.8. The van der Waals surface area contributed by atoms with Gasteiger partial charge in [0.05, 0.1) is 13.7 Å². The Hall–Kier alpha value is -3.92. The van der Waals surface area contributed by atoms with Gasteiger partial charge in [0.1, 0.15) is 22.7 Å². The van der Waals surface area contributed by atoms with Gasteiger partial charge in [-0.15, -0.1) is 0 Å². The van der Waals surface area contributed by atoms with Crippen LogP contribution in [-0.2, 0) is 26.1 Å². The number of carbonyl (C=O) groups excluding carboxylic acids is 1. The Morgan fingerprint density at radius 1 is 1.24 bits per heavy atom. The Kier molecular flexibility index (Phi) is 5.89. The summed E-state index contributed by atoms with van der Waals surface area (Å²) in [5.74, 6) is -0.0538. The topological polar surface area (TPSA) is 118 Å². The average molecular weight is 463 g/mol. The van der Waals surface area contributed by atoms with Crippen LogP contribution < -0.4 is 15.6 Å². The molecule has 34 heavy (non-hydrogen) atoms. The number of amides is 1. The van der Waals surface area contributed by atoms with Crippen molar-refractivity contribution in [1.29, 1.82) is 0 Å². The number of para-hydroxylation sites is 1.